The van der Waals surface area contributed by atoms with Crippen molar-refractivity contribution < 1.29 is 9.90 Å². The third-order valence-electron chi connectivity index (χ3n) is 2.41. The Morgan fingerprint density at radius 3 is 2.80 bits per heavy atom. The molecule has 0 spiro atoms. The predicted octanol–water partition coefficient (Wildman–Crippen LogP) is 1.95. The van der Waals surface area contributed by atoms with Crippen LogP contribution in [0.25, 0.3) is 0 Å². The number of amides is 1. The van der Waals surface area contributed by atoms with Crippen molar-refractivity contribution in [3.63, 3.8) is 0 Å². The van der Waals surface area contributed by atoms with E-state index in [9.17, 15) is 4.79 Å². The number of hydrogen-bond donors (Lipinski definition) is 2. The minimum absolute atomic E-state index is 0.0333. The summed E-state index contributed by atoms with van der Waals surface area (Å²) in [4.78, 5) is 11.8. The number of rotatable bonds is 5. The van der Waals surface area contributed by atoms with Gasteiger partial charge >= 0.3 is 0 Å². The Bertz CT molecular complexity index is 322. The molecule has 1 atom stereocenters. The molecule has 1 aromatic heterocycles. The number of hydrogen-bond acceptors (Lipinski definition) is 3. The Kier molecular flexibility index (Phi) is 4.78. The first-order valence-corrected chi connectivity index (χ1v) is 6.07. The highest BCUT2D eigenvalue weighted by Gasteiger charge is 2.13. The Hall–Kier alpha value is -0.870. The van der Waals surface area contributed by atoms with E-state index in [1.54, 1.807) is 0 Å². The van der Waals surface area contributed by atoms with Crippen LogP contribution >= 0.6 is 11.3 Å². The summed E-state index contributed by atoms with van der Waals surface area (Å²) in [6.45, 7) is 4.04. The first-order chi connectivity index (χ1) is 7.19. The molecule has 0 radical (unpaired) electrons. The molecule has 0 saturated carbocycles. The van der Waals surface area contributed by atoms with Gasteiger partial charge in [-0.3, -0.25) is 4.79 Å². The third-order valence-corrected chi connectivity index (χ3v) is 3.27. The van der Waals surface area contributed by atoms with Crippen molar-refractivity contribution in [2.24, 2.45) is 0 Å². The monoisotopic (exact) mass is 227 g/mol. The Balaban J connectivity index is 2.58. The molecule has 3 nitrogen and oxygen atoms in total. The maximum Gasteiger partial charge on any atom is 0.252 e. The average molecular weight is 227 g/mol. The number of aliphatic hydroxyl groups excluding tert-OH is 1. The number of aryl methyl sites for hydroxylation is 1. The van der Waals surface area contributed by atoms with Crippen LogP contribution < -0.4 is 5.32 Å². The molecule has 0 aromatic carbocycles. The van der Waals surface area contributed by atoms with Gasteiger partial charge in [0.1, 0.15) is 0 Å². The van der Waals surface area contributed by atoms with Gasteiger partial charge < -0.3 is 10.4 Å². The van der Waals surface area contributed by atoms with Gasteiger partial charge in [0.2, 0.25) is 0 Å². The van der Waals surface area contributed by atoms with Gasteiger partial charge in [0.05, 0.1) is 5.56 Å². The Morgan fingerprint density at radius 1 is 1.60 bits per heavy atom. The topological polar surface area (TPSA) is 49.3 Å². The lowest BCUT2D eigenvalue weighted by Gasteiger charge is -2.15. The van der Waals surface area contributed by atoms with Gasteiger partial charge in [0, 0.05) is 18.0 Å². The molecule has 0 aliphatic rings. The lowest BCUT2D eigenvalue weighted by Crippen LogP contribution is -2.35. The fraction of sp³-hybridized carbons (Fsp3) is 0.545. The van der Waals surface area contributed by atoms with Crippen molar-refractivity contribution >= 4 is 17.2 Å². The van der Waals surface area contributed by atoms with Crippen LogP contribution in [0.15, 0.2) is 10.8 Å². The zero-order valence-electron chi connectivity index (χ0n) is 9.12. The maximum absolute atomic E-state index is 11.8. The summed E-state index contributed by atoms with van der Waals surface area (Å²) in [5.41, 5.74) is 1.76. The Morgan fingerprint density at radius 2 is 2.33 bits per heavy atom. The quantitative estimate of drug-likeness (QED) is 0.807. The van der Waals surface area contributed by atoms with E-state index in [0.717, 1.165) is 17.5 Å². The largest absolute Gasteiger partial charge is 0.396 e. The summed E-state index contributed by atoms with van der Waals surface area (Å²) >= 11 is 1.53. The summed E-state index contributed by atoms with van der Waals surface area (Å²) in [5.74, 6) is -0.0333. The fourth-order valence-electron chi connectivity index (χ4n) is 1.39. The molecular weight excluding hydrogens is 210 g/mol. The normalized spacial score (nSPS) is 12.5. The smallest absolute Gasteiger partial charge is 0.252 e. The van der Waals surface area contributed by atoms with Crippen molar-refractivity contribution in [3.05, 3.63) is 21.9 Å². The SMILES string of the molecule is CC[C@H](CCO)NC(=O)c1cscc1C. The summed E-state index contributed by atoms with van der Waals surface area (Å²) in [6, 6.07) is 0.0711. The van der Waals surface area contributed by atoms with Gasteiger partial charge in [-0.25, -0.2) is 0 Å². The minimum Gasteiger partial charge on any atom is -0.396 e. The maximum atomic E-state index is 11.8. The molecule has 0 saturated heterocycles. The first-order valence-electron chi connectivity index (χ1n) is 5.13. The summed E-state index contributed by atoms with van der Waals surface area (Å²) < 4.78 is 0. The third kappa shape index (κ3) is 3.32. The van der Waals surface area contributed by atoms with Crippen molar-refractivity contribution in [2.75, 3.05) is 6.61 Å². The number of carbonyl (C=O) groups excluding carboxylic acids is 1. The molecule has 0 unspecified atom stereocenters. The van der Waals surface area contributed by atoms with Gasteiger partial charge in [-0.2, -0.15) is 11.3 Å². The lowest BCUT2D eigenvalue weighted by molar-refractivity contribution is 0.0929. The van der Waals surface area contributed by atoms with Gasteiger partial charge in [0.15, 0.2) is 0 Å². The van der Waals surface area contributed by atoms with Crippen LogP contribution in [0.1, 0.15) is 35.7 Å². The summed E-state index contributed by atoms with van der Waals surface area (Å²) in [6.07, 6.45) is 1.46. The molecule has 15 heavy (non-hydrogen) atoms. The van der Waals surface area contributed by atoms with E-state index in [0.29, 0.717) is 6.42 Å². The van der Waals surface area contributed by atoms with Crippen molar-refractivity contribution in [3.8, 4) is 0 Å². The Labute approximate surface area is 94.1 Å². The van der Waals surface area contributed by atoms with Crippen LogP contribution in [0.2, 0.25) is 0 Å². The summed E-state index contributed by atoms with van der Waals surface area (Å²) in [5, 5.41) is 15.6. The van der Waals surface area contributed by atoms with Crippen molar-refractivity contribution in [1.29, 1.82) is 0 Å². The number of thiophene rings is 1. The summed E-state index contributed by atoms with van der Waals surface area (Å²) in [7, 11) is 0. The number of carbonyl (C=O) groups is 1. The van der Waals surface area contributed by atoms with Crippen LogP contribution in [-0.2, 0) is 0 Å². The molecule has 1 heterocycles. The van der Waals surface area contributed by atoms with E-state index in [-0.39, 0.29) is 18.6 Å². The molecule has 84 valence electrons. The van der Waals surface area contributed by atoms with Crippen LogP contribution in [0, 0.1) is 6.92 Å². The molecule has 0 bridgehead atoms. The molecule has 0 fully saturated rings. The first kappa shape index (κ1) is 12.2. The molecule has 4 heteroatoms. The zero-order valence-corrected chi connectivity index (χ0v) is 9.93. The second-order valence-corrected chi connectivity index (χ2v) is 4.30. The van der Waals surface area contributed by atoms with E-state index in [2.05, 4.69) is 5.32 Å². The van der Waals surface area contributed by atoms with Crippen LogP contribution in [-0.4, -0.2) is 23.7 Å². The molecule has 2 N–H and O–H groups in total. The van der Waals surface area contributed by atoms with Crippen molar-refractivity contribution in [1.82, 2.24) is 5.32 Å². The number of nitrogens with one attached hydrogen (secondary N) is 1. The van der Waals surface area contributed by atoms with E-state index in [1.165, 1.54) is 11.3 Å². The highest BCUT2D eigenvalue weighted by Crippen LogP contribution is 2.13. The molecule has 0 aliphatic carbocycles. The molecule has 1 amide bonds. The lowest BCUT2D eigenvalue weighted by atomic mass is 10.1. The van der Waals surface area contributed by atoms with Crippen LogP contribution in [0.3, 0.4) is 0 Å². The van der Waals surface area contributed by atoms with Gasteiger partial charge in [0.25, 0.3) is 5.91 Å². The van der Waals surface area contributed by atoms with E-state index in [1.807, 2.05) is 24.6 Å². The van der Waals surface area contributed by atoms with E-state index in [4.69, 9.17) is 5.11 Å². The molecular formula is C11H17NO2S. The van der Waals surface area contributed by atoms with E-state index >= 15 is 0 Å². The van der Waals surface area contributed by atoms with Gasteiger partial charge in [-0.05, 0) is 30.7 Å². The van der Waals surface area contributed by atoms with E-state index < -0.39 is 0 Å². The number of aliphatic hydroxyl groups is 1. The van der Waals surface area contributed by atoms with Gasteiger partial charge in [-0.15, -0.1) is 0 Å². The highest BCUT2D eigenvalue weighted by molar-refractivity contribution is 7.08. The molecule has 1 aromatic rings. The zero-order chi connectivity index (χ0) is 11.3. The minimum atomic E-state index is -0.0333. The standard InChI is InChI=1S/C11H17NO2S/c1-3-9(4-5-13)12-11(14)10-7-15-6-8(10)2/h6-7,9,13H,3-5H2,1-2H3,(H,12,14)/t9-/m1/s1. The second-order valence-electron chi connectivity index (χ2n) is 3.56. The average Bonchev–Trinajstić information content (AvgIpc) is 2.63. The fourth-order valence-corrected chi connectivity index (χ4v) is 2.22. The van der Waals surface area contributed by atoms with Crippen molar-refractivity contribution in [2.45, 2.75) is 32.7 Å². The van der Waals surface area contributed by atoms with Gasteiger partial charge in [-0.1, -0.05) is 6.92 Å². The molecule has 0 aliphatic heterocycles. The second kappa shape index (κ2) is 5.88. The highest BCUT2D eigenvalue weighted by atomic mass is 32.1. The molecule has 1 rings (SSSR count). The van der Waals surface area contributed by atoms with Crippen LogP contribution in [0.4, 0.5) is 0 Å². The van der Waals surface area contributed by atoms with Crippen LogP contribution in [0.5, 0.6) is 0 Å². The predicted molar refractivity (Wildman–Crippen MR) is 62.3 cm³/mol.